The standard InChI is InChI=1S/C22H26N2O4S/c1-29(26,27)24-14-12-17(13-15-24)28-21-9-5-4-8-19(21)22(25)23-20-11-10-16-6-2-3-7-18(16)20/h2-9,17,20H,10-15H2,1H3,(H,23,25)/t20-/m0/s1. The number of nitrogens with zero attached hydrogens (tertiary/aromatic N) is 1. The highest BCUT2D eigenvalue weighted by Gasteiger charge is 2.28. The van der Waals surface area contributed by atoms with Gasteiger partial charge in [0.05, 0.1) is 17.9 Å². The minimum Gasteiger partial charge on any atom is -0.489 e. The van der Waals surface area contributed by atoms with Crippen LogP contribution in [0.5, 0.6) is 5.75 Å². The summed E-state index contributed by atoms with van der Waals surface area (Å²) in [5.41, 5.74) is 3.00. The molecule has 0 unspecified atom stereocenters. The first-order valence-electron chi connectivity index (χ1n) is 10.0. The maximum atomic E-state index is 13.0. The molecule has 1 N–H and O–H groups in total. The number of piperidine rings is 1. The van der Waals surface area contributed by atoms with Crippen LogP contribution < -0.4 is 10.1 Å². The lowest BCUT2D eigenvalue weighted by atomic mass is 10.1. The summed E-state index contributed by atoms with van der Waals surface area (Å²) in [5, 5.41) is 3.15. The van der Waals surface area contributed by atoms with Gasteiger partial charge in [-0.25, -0.2) is 12.7 Å². The van der Waals surface area contributed by atoms with Gasteiger partial charge in [-0.2, -0.15) is 0 Å². The number of carbonyl (C=O) groups excluding carboxylic acids is 1. The van der Waals surface area contributed by atoms with E-state index in [0.29, 0.717) is 37.2 Å². The molecule has 1 fully saturated rings. The Labute approximate surface area is 171 Å². The lowest BCUT2D eigenvalue weighted by molar-refractivity contribution is 0.0922. The second-order valence-electron chi connectivity index (χ2n) is 7.74. The van der Waals surface area contributed by atoms with Crippen LogP contribution in [0.25, 0.3) is 0 Å². The van der Waals surface area contributed by atoms with Crippen molar-refractivity contribution in [3.63, 3.8) is 0 Å². The molecule has 2 aromatic carbocycles. The lowest BCUT2D eigenvalue weighted by Gasteiger charge is -2.30. The fourth-order valence-electron chi connectivity index (χ4n) is 4.16. The number of hydrogen-bond donors (Lipinski definition) is 1. The Kier molecular flexibility index (Phi) is 5.61. The Morgan fingerprint density at radius 2 is 1.72 bits per heavy atom. The van der Waals surface area contributed by atoms with Crippen LogP contribution in [-0.4, -0.2) is 44.1 Å². The predicted octanol–water partition coefficient (Wildman–Crippen LogP) is 2.91. The lowest BCUT2D eigenvalue weighted by Crippen LogP contribution is -2.41. The van der Waals surface area contributed by atoms with Gasteiger partial charge in [-0.05, 0) is 48.9 Å². The van der Waals surface area contributed by atoms with Crippen LogP contribution in [0.1, 0.15) is 46.8 Å². The molecule has 0 radical (unpaired) electrons. The van der Waals surface area contributed by atoms with E-state index < -0.39 is 10.0 Å². The molecule has 2 aromatic rings. The third kappa shape index (κ3) is 4.46. The monoisotopic (exact) mass is 414 g/mol. The van der Waals surface area contributed by atoms with Crippen molar-refractivity contribution < 1.29 is 17.9 Å². The molecule has 1 atom stereocenters. The number of fused-ring (bicyclic) bond motifs is 1. The predicted molar refractivity (Wildman–Crippen MR) is 111 cm³/mol. The smallest absolute Gasteiger partial charge is 0.255 e. The molecular formula is C22H26N2O4S. The van der Waals surface area contributed by atoms with E-state index in [1.54, 1.807) is 12.1 Å². The van der Waals surface area contributed by atoms with E-state index in [9.17, 15) is 13.2 Å². The molecule has 0 saturated carbocycles. The highest BCUT2D eigenvalue weighted by atomic mass is 32.2. The number of nitrogens with one attached hydrogen (secondary N) is 1. The van der Waals surface area contributed by atoms with E-state index in [2.05, 4.69) is 17.4 Å². The van der Waals surface area contributed by atoms with Crippen molar-refractivity contribution in [2.24, 2.45) is 0 Å². The number of aryl methyl sites for hydroxylation is 1. The Bertz CT molecular complexity index is 997. The molecule has 7 heteroatoms. The molecule has 0 spiro atoms. The molecule has 1 saturated heterocycles. The summed E-state index contributed by atoms with van der Waals surface area (Å²) in [4.78, 5) is 13.0. The van der Waals surface area contributed by atoms with Crippen molar-refractivity contribution in [1.82, 2.24) is 9.62 Å². The first kappa shape index (κ1) is 19.9. The summed E-state index contributed by atoms with van der Waals surface area (Å²) in [6.07, 6.45) is 4.22. The zero-order chi connectivity index (χ0) is 20.4. The van der Waals surface area contributed by atoms with E-state index in [4.69, 9.17) is 4.74 Å². The summed E-state index contributed by atoms with van der Waals surface area (Å²) in [6, 6.07) is 15.5. The fraction of sp³-hybridized carbons (Fsp3) is 0.409. The summed E-state index contributed by atoms with van der Waals surface area (Å²) in [7, 11) is -3.17. The fourth-order valence-corrected chi connectivity index (χ4v) is 5.04. The highest BCUT2D eigenvalue weighted by molar-refractivity contribution is 7.88. The maximum absolute atomic E-state index is 13.0. The van der Waals surface area contributed by atoms with Gasteiger partial charge in [0.1, 0.15) is 11.9 Å². The molecule has 6 nitrogen and oxygen atoms in total. The first-order valence-corrected chi connectivity index (χ1v) is 11.9. The number of sulfonamides is 1. The minimum atomic E-state index is -3.17. The zero-order valence-corrected chi connectivity index (χ0v) is 17.3. The Hall–Kier alpha value is -2.38. The SMILES string of the molecule is CS(=O)(=O)N1CCC(Oc2ccccc2C(=O)N[C@H]2CCc3ccccc32)CC1. The van der Waals surface area contributed by atoms with Gasteiger partial charge in [0, 0.05) is 13.1 Å². The molecule has 1 heterocycles. The van der Waals surface area contributed by atoms with Crippen LogP contribution in [-0.2, 0) is 16.4 Å². The van der Waals surface area contributed by atoms with Crippen LogP contribution in [0.4, 0.5) is 0 Å². The molecule has 2 aliphatic rings. The normalized spacial score (nSPS) is 20.2. The molecule has 1 aliphatic carbocycles. The topological polar surface area (TPSA) is 75.7 Å². The van der Waals surface area contributed by atoms with Crippen LogP contribution in [0, 0.1) is 0 Å². The van der Waals surface area contributed by atoms with Crippen LogP contribution >= 0.6 is 0 Å². The van der Waals surface area contributed by atoms with Gasteiger partial charge >= 0.3 is 0 Å². The largest absolute Gasteiger partial charge is 0.489 e. The molecular weight excluding hydrogens is 388 g/mol. The van der Waals surface area contributed by atoms with Crippen molar-refractivity contribution in [2.75, 3.05) is 19.3 Å². The van der Waals surface area contributed by atoms with E-state index in [0.717, 1.165) is 12.8 Å². The second-order valence-corrected chi connectivity index (χ2v) is 9.72. The number of carbonyl (C=O) groups is 1. The molecule has 0 bridgehead atoms. The Morgan fingerprint density at radius 1 is 1.03 bits per heavy atom. The number of rotatable bonds is 5. The first-order chi connectivity index (χ1) is 13.9. The van der Waals surface area contributed by atoms with Crippen molar-refractivity contribution in [2.45, 2.75) is 37.8 Å². The van der Waals surface area contributed by atoms with E-state index in [1.807, 2.05) is 24.3 Å². The van der Waals surface area contributed by atoms with Crippen LogP contribution in [0.3, 0.4) is 0 Å². The summed E-state index contributed by atoms with van der Waals surface area (Å²) in [5.74, 6) is 0.407. The van der Waals surface area contributed by atoms with Crippen LogP contribution in [0.15, 0.2) is 48.5 Å². The van der Waals surface area contributed by atoms with Gasteiger partial charge < -0.3 is 10.1 Å². The van der Waals surface area contributed by atoms with E-state index in [1.165, 1.54) is 21.7 Å². The average Bonchev–Trinajstić information content (AvgIpc) is 3.11. The number of hydrogen-bond acceptors (Lipinski definition) is 4. The summed E-state index contributed by atoms with van der Waals surface area (Å²) >= 11 is 0. The van der Waals surface area contributed by atoms with E-state index >= 15 is 0 Å². The highest BCUT2D eigenvalue weighted by Crippen LogP contribution is 2.32. The maximum Gasteiger partial charge on any atom is 0.255 e. The third-order valence-corrected chi connectivity index (χ3v) is 7.04. The van der Waals surface area contributed by atoms with Gasteiger partial charge in [0.2, 0.25) is 10.0 Å². The second kappa shape index (κ2) is 8.16. The quantitative estimate of drug-likeness (QED) is 0.816. The molecule has 1 amide bonds. The molecule has 0 aromatic heterocycles. The molecule has 154 valence electrons. The molecule has 4 rings (SSSR count). The Morgan fingerprint density at radius 3 is 2.48 bits per heavy atom. The van der Waals surface area contributed by atoms with Gasteiger partial charge in [0.15, 0.2) is 0 Å². The van der Waals surface area contributed by atoms with Gasteiger partial charge in [0.25, 0.3) is 5.91 Å². The Balaban J connectivity index is 1.43. The average molecular weight is 415 g/mol. The number of para-hydroxylation sites is 1. The van der Waals surface area contributed by atoms with Crippen molar-refractivity contribution in [1.29, 1.82) is 0 Å². The zero-order valence-electron chi connectivity index (χ0n) is 16.5. The van der Waals surface area contributed by atoms with Crippen LogP contribution in [0.2, 0.25) is 0 Å². The number of amides is 1. The summed E-state index contributed by atoms with van der Waals surface area (Å²) in [6.45, 7) is 0.882. The van der Waals surface area contributed by atoms with E-state index in [-0.39, 0.29) is 18.1 Å². The molecule has 29 heavy (non-hydrogen) atoms. The third-order valence-electron chi connectivity index (χ3n) is 5.73. The van der Waals surface area contributed by atoms with Gasteiger partial charge in [-0.3, -0.25) is 4.79 Å². The van der Waals surface area contributed by atoms with Gasteiger partial charge in [-0.15, -0.1) is 0 Å². The number of benzene rings is 2. The van der Waals surface area contributed by atoms with Crippen molar-refractivity contribution in [3.8, 4) is 5.75 Å². The summed E-state index contributed by atoms with van der Waals surface area (Å²) < 4.78 is 31.0. The van der Waals surface area contributed by atoms with Crippen molar-refractivity contribution in [3.05, 3.63) is 65.2 Å². The minimum absolute atomic E-state index is 0.0183. The molecule has 1 aliphatic heterocycles. The van der Waals surface area contributed by atoms with Gasteiger partial charge in [-0.1, -0.05) is 36.4 Å². The van der Waals surface area contributed by atoms with Crippen molar-refractivity contribution >= 4 is 15.9 Å². The number of ether oxygens (including phenoxy) is 1.